The van der Waals surface area contributed by atoms with Crippen LogP contribution in [0.25, 0.3) is 5.65 Å². The van der Waals surface area contributed by atoms with Gasteiger partial charge in [0.1, 0.15) is 17.2 Å². The van der Waals surface area contributed by atoms with Gasteiger partial charge in [0.2, 0.25) is 0 Å². The first-order chi connectivity index (χ1) is 11.5. The van der Waals surface area contributed by atoms with Crippen LogP contribution in [0.5, 0.6) is 5.75 Å². The lowest BCUT2D eigenvalue weighted by atomic mass is 10.1. The van der Waals surface area contributed by atoms with Gasteiger partial charge in [-0.1, -0.05) is 18.2 Å². The molecule has 7 heteroatoms. The van der Waals surface area contributed by atoms with Crippen molar-refractivity contribution < 1.29 is 17.9 Å². The van der Waals surface area contributed by atoms with Gasteiger partial charge in [-0.15, -0.1) is 0 Å². The minimum atomic E-state index is -2.86. The lowest BCUT2D eigenvalue weighted by molar-refractivity contribution is -0.0504. The zero-order chi connectivity index (χ0) is 17.3. The maximum absolute atomic E-state index is 13.6. The van der Waals surface area contributed by atoms with Crippen LogP contribution in [0.3, 0.4) is 0 Å². The number of halogens is 4. The van der Waals surface area contributed by atoms with E-state index in [0.29, 0.717) is 28.5 Å². The summed E-state index contributed by atoms with van der Waals surface area (Å²) in [5.41, 5.74) is 2.88. The van der Waals surface area contributed by atoms with Crippen LogP contribution < -0.4 is 4.74 Å². The standard InChI is InChI=1S/C17H14BrF3N2O/c1-10-14(23-9-12(18)13(19)8-16(23)22-10)7-6-11-4-2-3-5-15(11)24-17(20)21/h2-5,8-9,17H,6-7H2,1H3. The van der Waals surface area contributed by atoms with E-state index in [1.165, 1.54) is 12.1 Å². The summed E-state index contributed by atoms with van der Waals surface area (Å²) < 4.78 is 45.3. The monoisotopic (exact) mass is 398 g/mol. The number of benzene rings is 1. The van der Waals surface area contributed by atoms with Gasteiger partial charge in [-0.3, -0.25) is 0 Å². The molecule has 0 saturated heterocycles. The third-order valence-electron chi connectivity index (χ3n) is 3.78. The number of rotatable bonds is 5. The molecule has 0 spiro atoms. The predicted molar refractivity (Wildman–Crippen MR) is 88.1 cm³/mol. The maximum Gasteiger partial charge on any atom is 0.387 e. The minimum absolute atomic E-state index is 0.172. The average molecular weight is 399 g/mol. The molecule has 2 heterocycles. The Morgan fingerprint density at radius 2 is 2.00 bits per heavy atom. The van der Waals surface area contributed by atoms with E-state index < -0.39 is 6.61 Å². The van der Waals surface area contributed by atoms with Crippen LogP contribution in [0.15, 0.2) is 41.0 Å². The minimum Gasteiger partial charge on any atom is -0.435 e. The predicted octanol–water partition coefficient (Wildman–Crippen LogP) is 4.93. The van der Waals surface area contributed by atoms with Crippen LogP contribution in [-0.2, 0) is 12.8 Å². The molecule has 3 rings (SSSR count). The maximum atomic E-state index is 13.6. The third-order valence-corrected chi connectivity index (χ3v) is 4.37. The molecule has 1 aromatic carbocycles. The molecule has 0 aliphatic heterocycles. The highest BCUT2D eigenvalue weighted by Gasteiger charge is 2.14. The van der Waals surface area contributed by atoms with E-state index in [4.69, 9.17) is 0 Å². The average Bonchev–Trinajstić information content (AvgIpc) is 2.81. The Morgan fingerprint density at radius 1 is 1.25 bits per heavy atom. The number of hydrogen-bond acceptors (Lipinski definition) is 2. The van der Waals surface area contributed by atoms with Crippen molar-refractivity contribution in [1.29, 1.82) is 0 Å². The Hall–Kier alpha value is -2.02. The van der Waals surface area contributed by atoms with Gasteiger partial charge < -0.3 is 9.14 Å². The van der Waals surface area contributed by atoms with E-state index in [0.717, 1.165) is 11.4 Å². The SMILES string of the molecule is Cc1nc2cc(F)c(Br)cn2c1CCc1ccccc1OC(F)F. The van der Waals surface area contributed by atoms with Gasteiger partial charge in [-0.25, -0.2) is 9.37 Å². The normalized spacial score (nSPS) is 11.4. The highest BCUT2D eigenvalue weighted by molar-refractivity contribution is 9.10. The van der Waals surface area contributed by atoms with E-state index in [9.17, 15) is 13.2 Å². The quantitative estimate of drug-likeness (QED) is 0.608. The molecule has 0 unspecified atom stereocenters. The zero-order valence-electron chi connectivity index (χ0n) is 12.8. The number of fused-ring (bicyclic) bond motifs is 1. The molecule has 0 fully saturated rings. The van der Waals surface area contributed by atoms with Gasteiger partial charge in [0.25, 0.3) is 0 Å². The summed E-state index contributed by atoms with van der Waals surface area (Å²) in [4.78, 5) is 4.35. The van der Waals surface area contributed by atoms with Crippen LogP contribution in [0.4, 0.5) is 13.2 Å². The largest absolute Gasteiger partial charge is 0.435 e. The first-order valence-electron chi connectivity index (χ1n) is 7.31. The number of aryl methyl sites for hydroxylation is 3. The number of hydrogen-bond donors (Lipinski definition) is 0. The lowest BCUT2D eigenvalue weighted by Gasteiger charge is -2.11. The third kappa shape index (κ3) is 3.40. The van der Waals surface area contributed by atoms with Crippen molar-refractivity contribution in [3.8, 4) is 5.75 Å². The summed E-state index contributed by atoms with van der Waals surface area (Å²) in [5, 5.41) is 0. The topological polar surface area (TPSA) is 26.5 Å². The van der Waals surface area contributed by atoms with Crippen molar-refractivity contribution in [1.82, 2.24) is 9.38 Å². The smallest absolute Gasteiger partial charge is 0.387 e. The highest BCUT2D eigenvalue weighted by atomic mass is 79.9. The summed E-state index contributed by atoms with van der Waals surface area (Å²) in [6.45, 7) is -1.02. The Morgan fingerprint density at radius 3 is 2.75 bits per heavy atom. The molecule has 24 heavy (non-hydrogen) atoms. The second-order valence-electron chi connectivity index (χ2n) is 5.33. The number of ether oxygens (including phenoxy) is 1. The molecule has 0 N–H and O–H groups in total. The molecule has 0 atom stereocenters. The summed E-state index contributed by atoms with van der Waals surface area (Å²) in [6, 6.07) is 8.07. The van der Waals surface area contributed by atoms with Crippen LogP contribution in [-0.4, -0.2) is 16.0 Å². The van der Waals surface area contributed by atoms with Gasteiger partial charge in [0, 0.05) is 18.0 Å². The number of imidazole rings is 1. The molecule has 0 saturated carbocycles. The Bertz CT molecular complexity index is 880. The fourth-order valence-electron chi connectivity index (χ4n) is 2.68. The number of alkyl halides is 2. The summed E-state index contributed by atoms with van der Waals surface area (Å²) in [7, 11) is 0. The molecule has 3 aromatic rings. The van der Waals surface area contributed by atoms with Gasteiger partial charge in [-0.2, -0.15) is 8.78 Å². The molecular formula is C17H14BrF3N2O. The summed E-state index contributed by atoms with van der Waals surface area (Å²) in [5.74, 6) is -0.207. The molecule has 0 bridgehead atoms. The fraction of sp³-hybridized carbons (Fsp3) is 0.235. The van der Waals surface area contributed by atoms with Gasteiger partial charge in [0.15, 0.2) is 0 Å². The van der Waals surface area contributed by atoms with Crippen molar-refractivity contribution in [2.45, 2.75) is 26.4 Å². The van der Waals surface area contributed by atoms with Crippen LogP contribution >= 0.6 is 15.9 Å². The second-order valence-corrected chi connectivity index (χ2v) is 6.18. The first-order valence-corrected chi connectivity index (χ1v) is 8.10. The van der Waals surface area contributed by atoms with Crippen LogP contribution in [0.1, 0.15) is 17.0 Å². The Balaban J connectivity index is 1.89. The summed E-state index contributed by atoms with van der Waals surface area (Å²) in [6.07, 6.45) is 2.70. The number of para-hydroxylation sites is 1. The van der Waals surface area contributed by atoms with Crippen molar-refractivity contribution in [3.63, 3.8) is 0 Å². The molecular weight excluding hydrogens is 385 g/mol. The second kappa shape index (κ2) is 6.84. The molecule has 0 amide bonds. The van der Waals surface area contributed by atoms with E-state index >= 15 is 0 Å². The Labute approximate surface area is 145 Å². The van der Waals surface area contributed by atoms with Crippen molar-refractivity contribution >= 4 is 21.6 Å². The van der Waals surface area contributed by atoms with E-state index in [1.807, 2.05) is 6.92 Å². The fourth-order valence-corrected chi connectivity index (χ4v) is 3.00. The van der Waals surface area contributed by atoms with Crippen molar-refractivity contribution in [2.75, 3.05) is 0 Å². The van der Waals surface area contributed by atoms with Gasteiger partial charge >= 0.3 is 6.61 Å². The van der Waals surface area contributed by atoms with Crippen LogP contribution in [0.2, 0.25) is 0 Å². The molecule has 0 aliphatic carbocycles. The lowest BCUT2D eigenvalue weighted by Crippen LogP contribution is -2.06. The highest BCUT2D eigenvalue weighted by Crippen LogP contribution is 2.24. The Kier molecular flexibility index (Phi) is 4.80. The van der Waals surface area contributed by atoms with Crippen LogP contribution in [0, 0.1) is 12.7 Å². The molecule has 2 aromatic heterocycles. The molecule has 0 aliphatic rings. The zero-order valence-corrected chi connectivity index (χ0v) is 14.4. The number of aromatic nitrogens is 2. The van der Waals surface area contributed by atoms with E-state index in [-0.39, 0.29) is 11.6 Å². The van der Waals surface area contributed by atoms with E-state index in [2.05, 4.69) is 25.7 Å². The van der Waals surface area contributed by atoms with Gasteiger partial charge in [0.05, 0.1) is 10.2 Å². The number of nitrogens with zero attached hydrogens (tertiary/aromatic N) is 2. The molecule has 126 valence electrons. The summed E-state index contributed by atoms with van der Waals surface area (Å²) >= 11 is 3.17. The van der Waals surface area contributed by atoms with Gasteiger partial charge in [-0.05, 0) is 47.3 Å². The molecule has 3 nitrogen and oxygen atoms in total. The van der Waals surface area contributed by atoms with E-state index in [1.54, 1.807) is 28.8 Å². The first kappa shape index (κ1) is 16.8. The molecule has 0 radical (unpaired) electrons. The van der Waals surface area contributed by atoms with Crippen molar-refractivity contribution in [3.05, 3.63) is 63.8 Å². The van der Waals surface area contributed by atoms with Crippen molar-refractivity contribution in [2.24, 2.45) is 0 Å². The number of pyridine rings is 1.